The molecule has 0 aromatic carbocycles. The Hall–Kier alpha value is -0.640. The molecule has 1 heterocycles. The lowest BCUT2D eigenvalue weighted by Gasteiger charge is -2.22. The Morgan fingerprint density at radius 3 is 2.71 bits per heavy atom. The fourth-order valence-corrected chi connectivity index (χ4v) is 2.28. The lowest BCUT2D eigenvalue weighted by molar-refractivity contribution is 0.717. The molecule has 0 atom stereocenters. The van der Waals surface area contributed by atoms with Crippen molar-refractivity contribution in [1.29, 1.82) is 0 Å². The first-order valence-electron chi connectivity index (χ1n) is 6.54. The van der Waals surface area contributed by atoms with Gasteiger partial charge in [0, 0.05) is 25.1 Å². The van der Waals surface area contributed by atoms with Gasteiger partial charge in [-0.25, -0.2) is 9.97 Å². The van der Waals surface area contributed by atoms with E-state index in [4.69, 9.17) is 4.98 Å². The fourth-order valence-electron chi connectivity index (χ4n) is 1.89. The monoisotopic (exact) mass is 297 g/mol. The highest BCUT2D eigenvalue weighted by molar-refractivity contribution is 9.10. The van der Waals surface area contributed by atoms with Gasteiger partial charge < -0.3 is 4.90 Å². The fraction of sp³-hybridized carbons (Fsp3) is 0.692. The van der Waals surface area contributed by atoms with Gasteiger partial charge in [0.25, 0.3) is 0 Å². The van der Waals surface area contributed by atoms with Crippen LogP contribution in [0.1, 0.15) is 51.3 Å². The van der Waals surface area contributed by atoms with Gasteiger partial charge in [-0.2, -0.15) is 0 Å². The molecule has 0 spiro atoms. The molecule has 1 aliphatic rings. The number of aromatic nitrogens is 2. The van der Waals surface area contributed by atoms with Crippen molar-refractivity contribution in [3.63, 3.8) is 0 Å². The molecule has 1 saturated carbocycles. The zero-order chi connectivity index (χ0) is 12.3. The third-order valence-electron chi connectivity index (χ3n) is 3.13. The van der Waals surface area contributed by atoms with E-state index in [-0.39, 0.29) is 0 Å². The van der Waals surface area contributed by atoms with Crippen LogP contribution in [-0.4, -0.2) is 23.1 Å². The molecule has 2 rings (SSSR count). The molecule has 0 amide bonds. The third-order valence-corrected chi connectivity index (χ3v) is 3.53. The second-order valence-electron chi connectivity index (χ2n) is 4.61. The molecule has 17 heavy (non-hydrogen) atoms. The molecule has 1 aromatic rings. The molecule has 94 valence electrons. The zero-order valence-corrected chi connectivity index (χ0v) is 12.2. The topological polar surface area (TPSA) is 29.0 Å². The van der Waals surface area contributed by atoms with Crippen LogP contribution in [0, 0.1) is 0 Å². The maximum absolute atomic E-state index is 4.70. The van der Waals surface area contributed by atoms with Crippen molar-refractivity contribution in [2.24, 2.45) is 0 Å². The van der Waals surface area contributed by atoms with Crippen LogP contribution in [0.25, 0.3) is 0 Å². The van der Waals surface area contributed by atoms with Gasteiger partial charge in [-0.3, -0.25) is 0 Å². The summed E-state index contributed by atoms with van der Waals surface area (Å²) in [4.78, 5) is 11.5. The van der Waals surface area contributed by atoms with E-state index in [1.807, 2.05) is 6.07 Å². The molecule has 0 radical (unpaired) electrons. The highest BCUT2D eigenvalue weighted by Crippen LogP contribution is 2.39. The zero-order valence-electron chi connectivity index (χ0n) is 10.6. The van der Waals surface area contributed by atoms with Crippen molar-refractivity contribution < 1.29 is 0 Å². The maximum atomic E-state index is 4.70. The van der Waals surface area contributed by atoms with Crippen molar-refractivity contribution in [2.45, 2.75) is 45.4 Å². The van der Waals surface area contributed by atoms with Gasteiger partial charge in [0.1, 0.15) is 16.2 Å². The molecule has 4 heteroatoms. The number of hydrogen-bond acceptors (Lipinski definition) is 3. The molecule has 1 aliphatic carbocycles. The number of nitrogens with zero attached hydrogens (tertiary/aromatic N) is 3. The van der Waals surface area contributed by atoms with Crippen molar-refractivity contribution in [3.05, 3.63) is 16.5 Å². The van der Waals surface area contributed by atoms with Crippen LogP contribution in [0.3, 0.4) is 0 Å². The first-order chi connectivity index (χ1) is 8.24. The Kier molecular flexibility index (Phi) is 4.37. The molecule has 0 unspecified atom stereocenters. The SMILES string of the molecule is CCCCN(CC)c1cc(Br)nc(C2CC2)n1. The summed E-state index contributed by atoms with van der Waals surface area (Å²) in [5.74, 6) is 2.70. The molecule has 1 fully saturated rings. The largest absolute Gasteiger partial charge is 0.357 e. The molecule has 3 nitrogen and oxygen atoms in total. The lowest BCUT2D eigenvalue weighted by atomic mass is 10.3. The van der Waals surface area contributed by atoms with Gasteiger partial charge in [-0.15, -0.1) is 0 Å². The molecular weight excluding hydrogens is 278 g/mol. The summed E-state index contributed by atoms with van der Waals surface area (Å²) in [7, 11) is 0. The van der Waals surface area contributed by atoms with E-state index in [9.17, 15) is 0 Å². The average molecular weight is 298 g/mol. The van der Waals surface area contributed by atoms with Crippen LogP contribution in [0.2, 0.25) is 0 Å². The van der Waals surface area contributed by atoms with Gasteiger partial charge in [0.2, 0.25) is 0 Å². The van der Waals surface area contributed by atoms with Crippen molar-refractivity contribution in [2.75, 3.05) is 18.0 Å². The van der Waals surface area contributed by atoms with Gasteiger partial charge in [-0.05, 0) is 42.1 Å². The predicted molar refractivity (Wildman–Crippen MR) is 74.5 cm³/mol. The summed E-state index contributed by atoms with van der Waals surface area (Å²) in [5.41, 5.74) is 0. The van der Waals surface area contributed by atoms with E-state index in [1.54, 1.807) is 0 Å². The summed E-state index contributed by atoms with van der Waals surface area (Å²) in [6, 6.07) is 2.03. The van der Waals surface area contributed by atoms with E-state index in [2.05, 4.69) is 39.7 Å². The smallest absolute Gasteiger partial charge is 0.135 e. The summed E-state index contributed by atoms with van der Waals surface area (Å²) < 4.78 is 0.916. The molecule has 0 aliphatic heterocycles. The van der Waals surface area contributed by atoms with Gasteiger partial charge >= 0.3 is 0 Å². The number of unbranched alkanes of at least 4 members (excludes halogenated alkanes) is 1. The van der Waals surface area contributed by atoms with Crippen LogP contribution in [0.5, 0.6) is 0 Å². The Balaban J connectivity index is 2.16. The Bertz CT molecular complexity index is 377. The lowest BCUT2D eigenvalue weighted by Crippen LogP contribution is -2.25. The molecular formula is C13H20BrN3. The summed E-state index contributed by atoms with van der Waals surface area (Å²) in [6.45, 7) is 6.50. The van der Waals surface area contributed by atoms with Crippen molar-refractivity contribution in [3.8, 4) is 0 Å². The summed E-state index contributed by atoms with van der Waals surface area (Å²) in [6.07, 6.45) is 4.93. The maximum Gasteiger partial charge on any atom is 0.135 e. The minimum atomic E-state index is 0.608. The van der Waals surface area contributed by atoms with Crippen LogP contribution in [-0.2, 0) is 0 Å². The quantitative estimate of drug-likeness (QED) is 0.749. The van der Waals surface area contributed by atoms with Gasteiger partial charge in [-0.1, -0.05) is 13.3 Å². The molecule has 0 N–H and O–H groups in total. The van der Waals surface area contributed by atoms with E-state index in [1.165, 1.54) is 25.7 Å². The van der Waals surface area contributed by atoms with Gasteiger partial charge in [0.15, 0.2) is 0 Å². The molecule has 0 bridgehead atoms. The molecule has 1 aromatic heterocycles. The second kappa shape index (κ2) is 5.80. The standard InChI is InChI=1S/C13H20BrN3/c1-3-5-8-17(4-2)12-9-11(14)15-13(16-12)10-6-7-10/h9-10H,3-8H2,1-2H3. The van der Waals surface area contributed by atoms with Crippen molar-refractivity contribution >= 4 is 21.7 Å². The number of hydrogen-bond donors (Lipinski definition) is 0. The van der Waals surface area contributed by atoms with E-state index < -0.39 is 0 Å². The van der Waals surface area contributed by atoms with Crippen LogP contribution < -0.4 is 4.90 Å². The normalized spacial score (nSPS) is 15.0. The Morgan fingerprint density at radius 2 is 2.12 bits per heavy atom. The Labute approximate surface area is 112 Å². The van der Waals surface area contributed by atoms with Crippen LogP contribution in [0.4, 0.5) is 5.82 Å². The Morgan fingerprint density at radius 1 is 1.35 bits per heavy atom. The highest BCUT2D eigenvalue weighted by Gasteiger charge is 2.27. The number of halogens is 1. The van der Waals surface area contributed by atoms with E-state index >= 15 is 0 Å². The number of rotatable bonds is 6. The number of anilines is 1. The molecule has 0 saturated heterocycles. The third kappa shape index (κ3) is 3.41. The van der Waals surface area contributed by atoms with Crippen LogP contribution in [0.15, 0.2) is 10.7 Å². The minimum absolute atomic E-state index is 0.608. The summed E-state index contributed by atoms with van der Waals surface area (Å²) >= 11 is 3.50. The predicted octanol–water partition coefficient (Wildman–Crippen LogP) is 3.74. The first-order valence-corrected chi connectivity index (χ1v) is 7.33. The van der Waals surface area contributed by atoms with E-state index in [0.29, 0.717) is 5.92 Å². The van der Waals surface area contributed by atoms with Crippen molar-refractivity contribution in [1.82, 2.24) is 9.97 Å². The average Bonchev–Trinajstić information content (AvgIpc) is 3.13. The van der Waals surface area contributed by atoms with Gasteiger partial charge in [0.05, 0.1) is 0 Å². The minimum Gasteiger partial charge on any atom is -0.357 e. The second-order valence-corrected chi connectivity index (χ2v) is 5.43. The first kappa shape index (κ1) is 12.8. The van der Waals surface area contributed by atoms with E-state index in [0.717, 1.165) is 29.3 Å². The highest BCUT2D eigenvalue weighted by atomic mass is 79.9. The van der Waals surface area contributed by atoms with Crippen LogP contribution >= 0.6 is 15.9 Å². The summed E-state index contributed by atoms with van der Waals surface area (Å²) in [5, 5.41) is 0.